The fraction of sp³-hybridized carbons (Fsp3) is 0.462. The minimum absolute atomic E-state index is 0.250. The number of carboxylic acid groups (broad SMARTS) is 1. The van der Waals surface area contributed by atoms with E-state index >= 15 is 0 Å². The van der Waals surface area contributed by atoms with Crippen molar-refractivity contribution in [3.63, 3.8) is 0 Å². The van der Waals surface area contributed by atoms with Gasteiger partial charge in [0.25, 0.3) is 0 Å². The van der Waals surface area contributed by atoms with Gasteiger partial charge >= 0.3 is 5.97 Å². The van der Waals surface area contributed by atoms with Gasteiger partial charge in [0.2, 0.25) is 0 Å². The number of rotatable bonds is 4. The normalized spacial score (nSPS) is 12.6. The Balaban J connectivity index is 3.01. The molecule has 1 atom stereocenters. The van der Waals surface area contributed by atoms with E-state index in [-0.39, 0.29) is 6.04 Å². The Kier molecular flexibility index (Phi) is 3.93. The zero-order valence-corrected chi connectivity index (χ0v) is 10.2. The molecule has 0 aromatic heterocycles. The van der Waals surface area contributed by atoms with Crippen LogP contribution in [0.3, 0.4) is 0 Å². The summed E-state index contributed by atoms with van der Waals surface area (Å²) in [6, 6.07) is 5.59. The summed E-state index contributed by atoms with van der Waals surface area (Å²) in [6.45, 7) is 8.22. The number of aromatic carboxylic acids is 1. The van der Waals surface area contributed by atoms with Gasteiger partial charge in [-0.2, -0.15) is 0 Å². The Hall–Kier alpha value is -1.51. The molecule has 0 spiro atoms. The molecule has 0 saturated carbocycles. The van der Waals surface area contributed by atoms with E-state index < -0.39 is 5.97 Å². The minimum Gasteiger partial charge on any atom is -0.478 e. The molecule has 0 amide bonds. The first-order valence-corrected chi connectivity index (χ1v) is 5.52. The van der Waals surface area contributed by atoms with Gasteiger partial charge in [-0.1, -0.05) is 19.9 Å². The molecule has 0 aliphatic carbocycles. The average Bonchev–Trinajstić information content (AvgIpc) is 2.16. The van der Waals surface area contributed by atoms with E-state index in [0.29, 0.717) is 17.2 Å². The molecule has 2 N–H and O–H groups in total. The van der Waals surface area contributed by atoms with E-state index in [2.05, 4.69) is 26.1 Å². The van der Waals surface area contributed by atoms with Crippen molar-refractivity contribution >= 4 is 11.7 Å². The van der Waals surface area contributed by atoms with Crippen molar-refractivity contribution in [1.29, 1.82) is 0 Å². The number of carboxylic acids is 1. The number of hydrogen-bond acceptors (Lipinski definition) is 2. The van der Waals surface area contributed by atoms with Gasteiger partial charge < -0.3 is 10.4 Å². The van der Waals surface area contributed by atoms with E-state index in [1.54, 1.807) is 6.07 Å². The molecule has 0 heterocycles. The summed E-state index contributed by atoms with van der Waals surface area (Å²) < 4.78 is 0. The molecule has 1 unspecified atom stereocenters. The summed E-state index contributed by atoms with van der Waals surface area (Å²) in [5.74, 6) is -0.430. The zero-order chi connectivity index (χ0) is 12.3. The van der Waals surface area contributed by atoms with E-state index in [4.69, 9.17) is 5.11 Å². The molecule has 1 aromatic carbocycles. The smallest absolute Gasteiger partial charge is 0.337 e. The van der Waals surface area contributed by atoms with Crippen LogP contribution in [0.5, 0.6) is 0 Å². The molecule has 0 fully saturated rings. The van der Waals surface area contributed by atoms with Crippen LogP contribution < -0.4 is 5.32 Å². The maximum atomic E-state index is 11.0. The van der Waals surface area contributed by atoms with Crippen LogP contribution in [0.15, 0.2) is 18.2 Å². The Morgan fingerprint density at radius 1 is 1.31 bits per heavy atom. The first-order valence-electron chi connectivity index (χ1n) is 5.52. The largest absolute Gasteiger partial charge is 0.478 e. The van der Waals surface area contributed by atoms with Gasteiger partial charge in [-0.05, 0) is 37.5 Å². The molecule has 1 rings (SSSR count). The highest BCUT2D eigenvalue weighted by molar-refractivity contribution is 5.94. The van der Waals surface area contributed by atoms with Crippen molar-refractivity contribution in [2.24, 2.45) is 5.92 Å². The maximum Gasteiger partial charge on any atom is 0.337 e. The minimum atomic E-state index is -0.890. The Labute approximate surface area is 96.5 Å². The lowest BCUT2D eigenvalue weighted by Gasteiger charge is -2.20. The van der Waals surface area contributed by atoms with Crippen LogP contribution in [0.25, 0.3) is 0 Å². The number of nitrogens with one attached hydrogen (secondary N) is 1. The number of carbonyl (C=O) groups is 1. The fourth-order valence-electron chi connectivity index (χ4n) is 1.38. The van der Waals surface area contributed by atoms with E-state index in [9.17, 15) is 4.79 Å². The quantitative estimate of drug-likeness (QED) is 0.821. The number of benzene rings is 1. The van der Waals surface area contributed by atoms with Gasteiger partial charge in [0.1, 0.15) is 0 Å². The van der Waals surface area contributed by atoms with E-state index in [0.717, 1.165) is 5.56 Å². The third-order valence-corrected chi connectivity index (χ3v) is 2.79. The predicted octanol–water partition coefficient (Wildman–Crippen LogP) is 3.15. The summed E-state index contributed by atoms with van der Waals surface area (Å²) in [7, 11) is 0. The summed E-state index contributed by atoms with van der Waals surface area (Å²) in [5.41, 5.74) is 2.09. The molecule has 0 aliphatic heterocycles. The highest BCUT2D eigenvalue weighted by atomic mass is 16.4. The third kappa shape index (κ3) is 2.99. The molecule has 0 radical (unpaired) electrons. The summed E-state index contributed by atoms with van der Waals surface area (Å²) in [4.78, 5) is 11.0. The van der Waals surface area contributed by atoms with E-state index in [1.807, 2.05) is 19.1 Å². The van der Waals surface area contributed by atoms with Crippen molar-refractivity contribution in [2.45, 2.75) is 33.7 Å². The van der Waals surface area contributed by atoms with Gasteiger partial charge in [0, 0.05) is 11.7 Å². The van der Waals surface area contributed by atoms with Crippen LogP contribution in [-0.4, -0.2) is 17.1 Å². The van der Waals surface area contributed by atoms with Gasteiger partial charge in [-0.15, -0.1) is 0 Å². The van der Waals surface area contributed by atoms with Crippen molar-refractivity contribution < 1.29 is 9.90 Å². The zero-order valence-electron chi connectivity index (χ0n) is 10.2. The summed E-state index contributed by atoms with van der Waals surface area (Å²) in [5, 5.41) is 12.3. The summed E-state index contributed by atoms with van der Waals surface area (Å²) >= 11 is 0. The molecule has 88 valence electrons. The second-order valence-electron chi connectivity index (χ2n) is 4.53. The molecule has 3 nitrogen and oxygen atoms in total. The predicted molar refractivity (Wildman–Crippen MR) is 66.1 cm³/mol. The highest BCUT2D eigenvalue weighted by Gasteiger charge is 2.13. The Morgan fingerprint density at radius 2 is 1.94 bits per heavy atom. The average molecular weight is 221 g/mol. The lowest BCUT2D eigenvalue weighted by Crippen LogP contribution is -2.22. The maximum absolute atomic E-state index is 11.0. The first-order chi connectivity index (χ1) is 7.41. The molecular weight excluding hydrogens is 202 g/mol. The SMILES string of the molecule is Cc1ccc(C(=O)O)c(NC(C)C(C)C)c1. The molecule has 0 bridgehead atoms. The van der Waals surface area contributed by atoms with Crippen LogP contribution in [0.1, 0.15) is 36.7 Å². The molecule has 0 aliphatic rings. The van der Waals surface area contributed by atoms with Crippen molar-refractivity contribution in [1.82, 2.24) is 0 Å². The van der Waals surface area contributed by atoms with Crippen molar-refractivity contribution in [3.8, 4) is 0 Å². The number of hydrogen-bond donors (Lipinski definition) is 2. The number of anilines is 1. The Morgan fingerprint density at radius 3 is 2.44 bits per heavy atom. The second-order valence-corrected chi connectivity index (χ2v) is 4.53. The van der Waals surface area contributed by atoms with E-state index in [1.165, 1.54) is 0 Å². The van der Waals surface area contributed by atoms with Gasteiger partial charge in [0.05, 0.1) is 5.56 Å². The highest BCUT2D eigenvalue weighted by Crippen LogP contribution is 2.20. The Bertz CT molecular complexity index is 386. The van der Waals surface area contributed by atoms with Gasteiger partial charge in [-0.3, -0.25) is 0 Å². The molecular formula is C13H19NO2. The molecule has 1 aromatic rings. The molecule has 0 saturated heterocycles. The van der Waals surface area contributed by atoms with Crippen molar-refractivity contribution in [2.75, 3.05) is 5.32 Å². The van der Waals surface area contributed by atoms with Crippen LogP contribution >= 0.6 is 0 Å². The second kappa shape index (κ2) is 5.01. The standard InChI is InChI=1S/C13H19NO2/c1-8(2)10(4)14-12-7-9(3)5-6-11(12)13(15)16/h5-8,10,14H,1-4H3,(H,15,16). The van der Waals surface area contributed by atoms with Crippen LogP contribution in [0, 0.1) is 12.8 Å². The number of aryl methyl sites for hydroxylation is 1. The first kappa shape index (κ1) is 12.6. The van der Waals surface area contributed by atoms with Crippen molar-refractivity contribution in [3.05, 3.63) is 29.3 Å². The lowest BCUT2D eigenvalue weighted by molar-refractivity contribution is 0.0698. The summed E-state index contributed by atoms with van der Waals surface area (Å²) in [6.07, 6.45) is 0. The van der Waals surface area contributed by atoms with Crippen LogP contribution in [0.4, 0.5) is 5.69 Å². The fourth-order valence-corrected chi connectivity index (χ4v) is 1.38. The van der Waals surface area contributed by atoms with Crippen LogP contribution in [-0.2, 0) is 0 Å². The monoisotopic (exact) mass is 221 g/mol. The topological polar surface area (TPSA) is 49.3 Å². The molecule has 3 heteroatoms. The van der Waals surface area contributed by atoms with Gasteiger partial charge in [0.15, 0.2) is 0 Å². The van der Waals surface area contributed by atoms with Gasteiger partial charge in [-0.25, -0.2) is 4.79 Å². The van der Waals surface area contributed by atoms with Crippen LogP contribution in [0.2, 0.25) is 0 Å². The lowest BCUT2D eigenvalue weighted by atomic mass is 10.0. The third-order valence-electron chi connectivity index (χ3n) is 2.79. The molecule has 16 heavy (non-hydrogen) atoms.